The van der Waals surface area contributed by atoms with E-state index in [9.17, 15) is 4.79 Å². The molecule has 1 aliphatic heterocycles. The predicted molar refractivity (Wildman–Crippen MR) is 140 cm³/mol. The molecule has 0 saturated carbocycles. The second-order valence-electron chi connectivity index (χ2n) is 8.79. The number of hydrogen-bond acceptors (Lipinski definition) is 6. The quantitative estimate of drug-likeness (QED) is 0.324. The standard InChI is InChI=1S/C28H32N4O4/c1-3-34-18-19-16-22-24(27-29-12-13-32(27)28(33)36-4-2)25(20-8-6-5-7-9-20)31-26(22)23(17-19)30-21-10-14-35-15-11-21/h5-9,12-13,16-17,21,30-31H,3-4,10-11,14-15,18H2,1-2H3. The van der Waals surface area contributed by atoms with Gasteiger partial charge in [0, 0.05) is 43.6 Å². The fourth-order valence-electron chi connectivity index (χ4n) is 4.72. The van der Waals surface area contributed by atoms with E-state index < -0.39 is 6.09 Å². The number of imidazole rings is 1. The third kappa shape index (κ3) is 4.87. The van der Waals surface area contributed by atoms with E-state index in [1.165, 1.54) is 4.57 Å². The summed E-state index contributed by atoms with van der Waals surface area (Å²) < 4.78 is 18.1. The van der Waals surface area contributed by atoms with Crippen LogP contribution in [0.5, 0.6) is 0 Å². The molecule has 8 heteroatoms. The SMILES string of the molecule is CCOCc1cc(NC2CCOCC2)c2[nH]c(-c3ccccc3)c(-c3nccn3C(=O)OCC)c2c1. The van der Waals surface area contributed by atoms with E-state index >= 15 is 0 Å². The zero-order valence-electron chi connectivity index (χ0n) is 20.8. The summed E-state index contributed by atoms with van der Waals surface area (Å²) in [6, 6.07) is 14.7. The Morgan fingerprint density at radius 3 is 2.72 bits per heavy atom. The van der Waals surface area contributed by atoms with Gasteiger partial charge in [0.1, 0.15) is 0 Å². The maximum absolute atomic E-state index is 12.8. The van der Waals surface area contributed by atoms with Crippen molar-refractivity contribution < 1.29 is 19.0 Å². The molecule has 8 nitrogen and oxygen atoms in total. The minimum atomic E-state index is -0.454. The number of benzene rings is 2. The number of carbonyl (C=O) groups excluding carboxylic acids is 1. The smallest absolute Gasteiger partial charge is 0.419 e. The van der Waals surface area contributed by atoms with Gasteiger partial charge in [-0.3, -0.25) is 0 Å². The van der Waals surface area contributed by atoms with Gasteiger partial charge in [-0.25, -0.2) is 14.3 Å². The summed E-state index contributed by atoms with van der Waals surface area (Å²) in [5.41, 5.74) is 5.77. The lowest BCUT2D eigenvalue weighted by atomic mass is 10.0. The zero-order valence-corrected chi connectivity index (χ0v) is 20.8. The first kappa shape index (κ1) is 24.1. The van der Waals surface area contributed by atoms with Crippen molar-refractivity contribution in [3.05, 3.63) is 60.4 Å². The Morgan fingerprint density at radius 1 is 1.17 bits per heavy atom. The second kappa shape index (κ2) is 11.0. The average Bonchev–Trinajstić information content (AvgIpc) is 3.54. The van der Waals surface area contributed by atoms with Gasteiger partial charge in [0.05, 0.1) is 35.7 Å². The van der Waals surface area contributed by atoms with Crippen LogP contribution in [0.1, 0.15) is 32.3 Å². The van der Waals surface area contributed by atoms with Gasteiger partial charge >= 0.3 is 6.09 Å². The molecule has 36 heavy (non-hydrogen) atoms. The monoisotopic (exact) mass is 488 g/mol. The lowest BCUT2D eigenvalue weighted by molar-refractivity contribution is 0.0904. The Morgan fingerprint density at radius 2 is 1.97 bits per heavy atom. The minimum Gasteiger partial charge on any atom is -0.449 e. The molecule has 0 atom stereocenters. The number of nitrogens with one attached hydrogen (secondary N) is 2. The number of carbonyl (C=O) groups is 1. The normalized spacial score (nSPS) is 14.3. The van der Waals surface area contributed by atoms with Crippen molar-refractivity contribution in [2.75, 3.05) is 31.7 Å². The zero-order chi connectivity index (χ0) is 24.9. The molecule has 2 aromatic carbocycles. The molecule has 4 aromatic rings. The molecule has 5 rings (SSSR count). The number of aromatic nitrogens is 3. The Bertz CT molecular complexity index is 1320. The van der Waals surface area contributed by atoms with E-state index in [0.29, 0.717) is 25.1 Å². The van der Waals surface area contributed by atoms with E-state index in [1.54, 1.807) is 19.3 Å². The molecule has 0 bridgehead atoms. The van der Waals surface area contributed by atoms with Gasteiger partial charge in [-0.2, -0.15) is 0 Å². The van der Waals surface area contributed by atoms with Crippen LogP contribution >= 0.6 is 0 Å². The first-order chi connectivity index (χ1) is 17.7. The van der Waals surface area contributed by atoms with Crippen molar-refractivity contribution in [2.24, 2.45) is 0 Å². The minimum absolute atomic E-state index is 0.285. The Balaban J connectivity index is 1.73. The van der Waals surface area contributed by atoms with Gasteiger partial charge in [-0.1, -0.05) is 30.3 Å². The number of nitrogens with zero attached hydrogens (tertiary/aromatic N) is 2. The molecule has 0 unspecified atom stereocenters. The Hall–Kier alpha value is -3.62. The van der Waals surface area contributed by atoms with Crippen LogP contribution in [-0.4, -0.2) is 53.1 Å². The van der Waals surface area contributed by atoms with Crippen molar-refractivity contribution >= 4 is 22.7 Å². The van der Waals surface area contributed by atoms with Crippen LogP contribution in [0.4, 0.5) is 10.5 Å². The predicted octanol–water partition coefficient (Wildman–Crippen LogP) is 5.83. The number of anilines is 1. The third-order valence-electron chi connectivity index (χ3n) is 6.41. The van der Waals surface area contributed by atoms with E-state index in [2.05, 4.69) is 39.6 Å². The highest BCUT2D eigenvalue weighted by molar-refractivity contribution is 6.08. The Kier molecular flexibility index (Phi) is 7.34. The summed E-state index contributed by atoms with van der Waals surface area (Å²) in [6.07, 6.45) is 4.72. The Labute approximate surface area is 210 Å². The van der Waals surface area contributed by atoms with Crippen molar-refractivity contribution in [2.45, 2.75) is 39.3 Å². The van der Waals surface area contributed by atoms with Crippen LogP contribution in [0, 0.1) is 0 Å². The molecule has 0 spiro atoms. The number of ether oxygens (including phenoxy) is 3. The maximum atomic E-state index is 12.8. The molecule has 0 amide bonds. The molecule has 1 saturated heterocycles. The molecular weight excluding hydrogens is 456 g/mol. The summed E-state index contributed by atoms with van der Waals surface area (Å²) in [5.74, 6) is 0.532. The number of fused-ring (bicyclic) bond motifs is 1. The van der Waals surface area contributed by atoms with Crippen LogP contribution in [0.3, 0.4) is 0 Å². The van der Waals surface area contributed by atoms with Gasteiger partial charge in [-0.05, 0) is 49.9 Å². The highest BCUT2D eigenvalue weighted by Gasteiger charge is 2.25. The number of H-pyrrole nitrogens is 1. The molecule has 2 N–H and O–H groups in total. The van der Waals surface area contributed by atoms with Crippen molar-refractivity contribution in [1.82, 2.24) is 14.5 Å². The number of aromatic amines is 1. The second-order valence-corrected chi connectivity index (χ2v) is 8.79. The van der Waals surface area contributed by atoms with E-state index in [0.717, 1.165) is 65.0 Å². The summed E-state index contributed by atoms with van der Waals surface area (Å²) in [5, 5.41) is 4.72. The number of hydrogen-bond donors (Lipinski definition) is 2. The van der Waals surface area contributed by atoms with Crippen LogP contribution in [0.2, 0.25) is 0 Å². The number of rotatable bonds is 8. The van der Waals surface area contributed by atoms with Crippen LogP contribution in [-0.2, 0) is 20.8 Å². The maximum Gasteiger partial charge on any atom is 0.419 e. The third-order valence-corrected chi connectivity index (χ3v) is 6.41. The molecule has 2 aromatic heterocycles. The van der Waals surface area contributed by atoms with Gasteiger partial charge < -0.3 is 24.5 Å². The molecule has 3 heterocycles. The van der Waals surface area contributed by atoms with Gasteiger partial charge in [-0.15, -0.1) is 0 Å². The fourth-order valence-corrected chi connectivity index (χ4v) is 4.72. The van der Waals surface area contributed by atoms with Crippen LogP contribution in [0.15, 0.2) is 54.9 Å². The average molecular weight is 489 g/mol. The summed E-state index contributed by atoms with van der Waals surface area (Å²) >= 11 is 0. The van der Waals surface area contributed by atoms with Crippen LogP contribution < -0.4 is 5.32 Å². The van der Waals surface area contributed by atoms with E-state index in [1.807, 2.05) is 25.1 Å². The van der Waals surface area contributed by atoms with E-state index in [-0.39, 0.29) is 6.61 Å². The molecule has 1 aliphatic rings. The lowest BCUT2D eigenvalue weighted by Crippen LogP contribution is -2.28. The lowest BCUT2D eigenvalue weighted by Gasteiger charge is -2.25. The van der Waals surface area contributed by atoms with Crippen LogP contribution in [0.25, 0.3) is 33.5 Å². The molecule has 0 aliphatic carbocycles. The first-order valence-electron chi connectivity index (χ1n) is 12.6. The summed E-state index contributed by atoms with van der Waals surface area (Å²) in [4.78, 5) is 21.1. The molecule has 0 radical (unpaired) electrons. The topological polar surface area (TPSA) is 90.4 Å². The fraction of sp³-hybridized carbons (Fsp3) is 0.357. The first-order valence-corrected chi connectivity index (χ1v) is 12.6. The van der Waals surface area contributed by atoms with Crippen molar-refractivity contribution in [3.8, 4) is 22.6 Å². The molecular formula is C28H32N4O4. The van der Waals surface area contributed by atoms with Gasteiger partial charge in [0.25, 0.3) is 0 Å². The summed E-state index contributed by atoms with van der Waals surface area (Å²) in [7, 11) is 0. The highest BCUT2D eigenvalue weighted by Crippen LogP contribution is 2.41. The largest absolute Gasteiger partial charge is 0.449 e. The highest BCUT2D eigenvalue weighted by atomic mass is 16.5. The van der Waals surface area contributed by atoms with Crippen molar-refractivity contribution in [3.63, 3.8) is 0 Å². The van der Waals surface area contributed by atoms with Gasteiger partial charge in [0.2, 0.25) is 0 Å². The summed E-state index contributed by atoms with van der Waals surface area (Å²) in [6.45, 7) is 6.70. The van der Waals surface area contributed by atoms with Gasteiger partial charge in [0.15, 0.2) is 5.82 Å². The molecule has 188 valence electrons. The van der Waals surface area contributed by atoms with E-state index in [4.69, 9.17) is 14.2 Å². The van der Waals surface area contributed by atoms with Crippen molar-refractivity contribution in [1.29, 1.82) is 0 Å². The molecule has 1 fully saturated rings.